The van der Waals surface area contributed by atoms with Crippen LogP contribution in [0.15, 0.2) is 48.5 Å². The van der Waals surface area contributed by atoms with Gasteiger partial charge in [0, 0.05) is 13.1 Å². The number of rotatable bonds is 8. The Balaban J connectivity index is 0.000000300. The van der Waals surface area contributed by atoms with E-state index in [1.807, 2.05) is 48.5 Å². The molecule has 0 saturated heterocycles. The van der Waals surface area contributed by atoms with Gasteiger partial charge in [0.25, 0.3) is 0 Å². The molecule has 0 aliphatic rings. The molecular formula is C22H24N4O4. The van der Waals surface area contributed by atoms with E-state index in [9.17, 15) is 9.59 Å². The molecule has 0 fully saturated rings. The second-order valence-electron chi connectivity index (χ2n) is 5.92. The fourth-order valence-corrected chi connectivity index (χ4v) is 2.16. The molecular weight excluding hydrogens is 384 g/mol. The van der Waals surface area contributed by atoms with Crippen molar-refractivity contribution in [2.45, 2.75) is 25.9 Å². The van der Waals surface area contributed by atoms with Gasteiger partial charge in [0.05, 0.1) is 26.4 Å². The van der Waals surface area contributed by atoms with Crippen LogP contribution in [0.25, 0.3) is 0 Å². The fraction of sp³-hybridized carbons (Fsp3) is 0.273. The Bertz CT molecular complexity index is 806. The molecule has 0 unspecified atom stereocenters. The maximum absolute atomic E-state index is 11.0. The SMILES string of the molecule is COc1ccc(CNC(=O)CC#N)cc1.COc1ccc(CNC(=O)CC#N)cc1. The van der Waals surface area contributed by atoms with E-state index < -0.39 is 0 Å². The highest BCUT2D eigenvalue weighted by Crippen LogP contribution is 2.11. The van der Waals surface area contributed by atoms with Gasteiger partial charge in [-0.1, -0.05) is 24.3 Å². The molecule has 0 saturated carbocycles. The number of methoxy groups -OCH3 is 2. The molecule has 0 spiro atoms. The van der Waals surface area contributed by atoms with Crippen molar-refractivity contribution in [3.63, 3.8) is 0 Å². The van der Waals surface area contributed by atoms with E-state index in [0.717, 1.165) is 22.6 Å². The van der Waals surface area contributed by atoms with Crippen molar-refractivity contribution >= 4 is 11.8 Å². The van der Waals surface area contributed by atoms with Gasteiger partial charge in [-0.3, -0.25) is 9.59 Å². The van der Waals surface area contributed by atoms with Crippen LogP contribution < -0.4 is 20.1 Å². The van der Waals surface area contributed by atoms with Gasteiger partial charge in [-0.05, 0) is 35.4 Å². The Morgan fingerprint density at radius 2 is 1.07 bits per heavy atom. The Labute approximate surface area is 176 Å². The van der Waals surface area contributed by atoms with Crippen molar-refractivity contribution in [3.05, 3.63) is 59.7 Å². The summed E-state index contributed by atoms with van der Waals surface area (Å²) < 4.78 is 10.0. The van der Waals surface area contributed by atoms with Gasteiger partial charge in [-0.15, -0.1) is 0 Å². The van der Waals surface area contributed by atoms with E-state index in [4.69, 9.17) is 20.0 Å². The maximum Gasteiger partial charge on any atom is 0.234 e. The number of nitriles is 2. The molecule has 2 N–H and O–H groups in total. The summed E-state index contributed by atoms with van der Waals surface area (Å²) in [5.74, 6) is 1.05. The standard InChI is InChI=1S/2C11H12N2O2/c2*1-15-10-4-2-9(3-5-10)8-13-11(14)6-7-12/h2*2-5H,6,8H2,1H3,(H,13,14). The highest BCUT2D eigenvalue weighted by molar-refractivity contribution is 5.78. The van der Waals surface area contributed by atoms with Crippen LogP contribution in [0.1, 0.15) is 24.0 Å². The van der Waals surface area contributed by atoms with Crippen molar-refractivity contribution in [1.29, 1.82) is 10.5 Å². The first-order chi connectivity index (χ1) is 14.5. The summed E-state index contributed by atoms with van der Waals surface area (Å²) in [6.07, 6.45) is -0.202. The molecule has 2 aromatic carbocycles. The van der Waals surface area contributed by atoms with Crippen LogP contribution in [0.2, 0.25) is 0 Å². The average molecular weight is 408 g/mol. The van der Waals surface area contributed by atoms with Gasteiger partial charge in [-0.25, -0.2) is 0 Å². The third kappa shape index (κ3) is 9.77. The number of carbonyl (C=O) groups is 2. The van der Waals surface area contributed by atoms with Crippen LogP contribution in [-0.2, 0) is 22.7 Å². The van der Waals surface area contributed by atoms with Crippen molar-refractivity contribution < 1.29 is 19.1 Å². The quantitative estimate of drug-likeness (QED) is 0.691. The van der Waals surface area contributed by atoms with Gasteiger partial charge in [0.15, 0.2) is 0 Å². The molecule has 0 radical (unpaired) electrons. The first kappa shape index (κ1) is 24.0. The molecule has 0 heterocycles. The monoisotopic (exact) mass is 408 g/mol. The molecule has 2 aromatic rings. The number of nitrogens with one attached hydrogen (secondary N) is 2. The summed E-state index contributed by atoms with van der Waals surface area (Å²) in [7, 11) is 3.20. The second-order valence-corrected chi connectivity index (χ2v) is 5.92. The first-order valence-corrected chi connectivity index (χ1v) is 9.05. The predicted molar refractivity (Wildman–Crippen MR) is 110 cm³/mol. The van der Waals surface area contributed by atoms with E-state index in [1.54, 1.807) is 26.4 Å². The summed E-state index contributed by atoms with van der Waals surface area (Å²) in [5.41, 5.74) is 1.95. The Kier molecular flexibility index (Phi) is 11.2. The average Bonchev–Trinajstić information content (AvgIpc) is 2.78. The lowest BCUT2D eigenvalue weighted by atomic mass is 10.2. The third-order valence-electron chi connectivity index (χ3n) is 3.78. The minimum absolute atomic E-state index is 0.101. The molecule has 8 heteroatoms. The van der Waals surface area contributed by atoms with E-state index in [2.05, 4.69) is 10.6 Å². The lowest BCUT2D eigenvalue weighted by molar-refractivity contribution is -0.121. The molecule has 2 amide bonds. The summed E-state index contributed by atoms with van der Waals surface area (Å²) in [6, 6.07) is 18.3. The number of hydrogen-bond acceptors (Lipinski definition) is 6. The Hall–Kier alpha value is -4.04. The normalized spacial score (nSPS) is 9.07. The highest BCUT2D eigenvalue weighted by Gasteiger charge is 2.00. The molecule has 2 rings (SSSR count). The number of benzene rings is 2. The minimum Gasteiger partial charge on any atom is -0.497 e. The van der Waals surface area contributed by atoms with Crippen LogP contribution in [0.4, 0.5) is 0 Å². The molecule has 0 aliphatic heterocycles. The minimum atomic E-state index is -0.256. The van der Waals surface area contributed by atoms with Crippen LogP contribution in [0.3, 0.4) is 0 Å². The predicted octanol–water partition coefficient (Wildman–Crippen LogP) is 2.45. The topological polar surface area (TPSA) is 124 Å². The van der Waals surface area contributed by atoms with Crippen molar-refractivity contribution in [3.8, 4) is 23.6 Å². The van der Waals surface area contributed by atoms with Gasteiger partial charge >= 0.3 is 0 Å². The molecule has 8 nitrogen and oxygen atoms in total. The van der Waals surface area contributed by atoms with Crippen LogP contribution in [0.5, 0.6) is 11.5 Å². The molecule has 156 valence electrons. The van der Waals surface area contributed by atoms with Gasteiger partial charge in [0.1, 0.15) is 24.3 Å². The zero-order chi connectivity index (χ0) is 22.2. The fourth-order valence-electron chi connectivity index (χ4n) is 2.16. The van der Waals surface area contributed by atoms with Crippen molar-refractivity contribution in [2.24, 2.45) is 0 Å². The van der Waals surface area contributed by atoms with Crippen LogP contribution in [0, 0.1) is 22.7 Å². The van der Waals surface area contributed by atoms with Crippen molar-refractivity contribution in [2.75, 3.05) is 14.2 Å². The third-order valence-corrected chi connectivity index (χ3v) is 3.78. The Morgan fingerprint density at radius 3 is 1.33 bits per heavy atom. The lowest BCUT2D eigenvalue weighted by Crippen LogP contribution is -2.21. The first-order valence-electron chi connectivity index (χ1n) is 9.05. The number of ether oxygens (including phenoxy) is 2. The second kappa shape index (κ2) is 14.0. The number of carbonyl (C=O) groups excluding carboxylic acids is 2. The zero-order valence-corrected chi connectivity index (χ0v) is 17.0. The van der Waals surface area contributed by atoms with E-state index in [1.165, 1.54) is 0 Å². The lowest BCUT2D eigenvalue weighted by Gasteiger charge is -2.04. The van der Waals surface area contributed by atoms with Crippen LogP contribution >= 0.6 is 0 Å². The van der Waals surface area contributed by atoms with Crippen molar-refractivity contribution in [1.82, 2.24) is 10.6 Å². The molecule has 0 aromatic heterocycles. The number of amides is 2. The number of nitrogens with zero attached hydrogens (tertiary/aromatic N) is 2. The van der Waals surface area contributed by atoms with Gasteiger partial charge in [-0.2, -0.15) is 10.5 Å². The van der Waals surface area contributed by atoms with Gasteiger partial charge in [0.2, 0.25) is 11.8 Å². The maximum atomic E-state index is 11.0. The number of hydrogen-bond donors (Lipinski definition) is 2. The molecule has 30 heavy (non-hydrogen) atoms. The molecule has 0 atom stereocenters. The largest absolute Gasteiger partial charge is 0.497 e. The summed E-state index contributed by atoms with van der Waals surface area (Å²) >= 11 is 0. The summed E-state index contributed by atoms with van der Waals surface area (Å²) in [5, 5.41) is 21.8. The van der Waals surface area contributed by atoms with Gasteiger partial charge < -0.3 is 20.1 Å². The van der Waals surface area contributed by atoms with E-state index in [0.29, 0.717) is 13.1 Å². The van der Waals surface area contributed by atoms with Crippen LogP contribution in [-0.4, -0.2) is 26.0 Å². The Morgan fingerprint density at radius 1 is 0.733 bits per heavy atom. The highest BCUT2D eigenvalue weighted by atomic mass is 16.5. The molecule has 0 bridgehead atoms. The summed E-state index contributed by atoms with van der Waals surface area (Å²) in [6.45, 7) is 0.870. The zero-order valence-electron chi connectivity index (χ0n) is 17.0. The smallest absolute Gasteiger partial charge is 0.234 e. The van der Waals surface area contributed by atoms with E-state index in [-0.39, 0.29) is 24.7 Å². The van der Waals surface area contributed by atoms with E-state index >= 15 is 0 Å². The molecule has 0 aliphatic carbocycles. The summed E-state index contributed by atoms with van der Waals surface area (Å²) in [4.78, 5) is 22.0.